The van der Waals surface area contributed by atoms with Gasteiger partial charge in [0.1, 0.15) is 11.6 Å². The van der Waals surface area contributed by atoms with Gasteiger partial charge in [-0.05, 0) is 45.2 Å². The summed E-state index contributed by atoms with van der Waals surface area (Å²) in [5.41, 5.74) is 9.39. The van der Waals surface area contributed by atoms with E-state index in [1.54, 1.807) is 0 Å². The zero-order chi connectivity index (χ0) is 15.1. The fourth-order valence-electron chi connectivity index (χ4n) is 3.17. The molecule has 1 fully saturated rings. The van der Waals surface area contributed by atoms with Gasteiger partial charge in [-0.2, -0.15) is 5.10 Å². The highest BCUT2D eigenvalue weighted by atomic mass is 35.5. The van der Waals surface area contributed by atoms with Gasteiger partial charge in [0, 0.05) is 12.0 Å². The maximum absolute atomic E-state index is 9.91. The normalized spacial score (nSPS) is 24.3. The highest BCUT2D eigenvalue weighted by molar-refractivity contribution is 5.85. The molecule has 0 unspecified atom stereocenters. The van der Waals surface area contributed by atoms with Crippen LogP contribution >= 0.6 is 12.4 Å². The van der Waals surface area contributed by atoms with Crippen molar-refractivity contribution in [1.82, 2.24) is 14.8 Å². The van der Waals surface area contributed by atoms with Crippen LogP contribution in [-0.4, -0.2) is 32.0 Å². The van der Waals surface area contributed by atoms with Crippen LogP contribution < -0.4 is 5.73 Å². The number of halogens is 1. The maximum atomic E-state index is 9.91. The number of aliphatic hydroxyl groups is 1. The molecular formula is C16H23ClN4O. The monoisotopic (exact) mass is 322 g/mol. The second-order valence-corrected chi connectivity index (χ2v) is 6.12. The Hall–Kier alpha value is -1.43. The zero-order valence-electron chi connectivity index (χ0n) is 13.2. The molecule has 3 N–H and O–H groups in total. The second-order valence-electron chi connectivity index (χ2n) is 6.12. The number of benzene rings is 1. The van der Waals surface area contributed by atoms with Crippen molar-refractivity contribution in [2.75, 3.05) is 0 Å². The van der Waals surface area contributed by atoms with E-state index in [1.807, 2.05) is 11.6 Å². The van der Waals surface area contributed by atoms with E-state index in [2.05, 4.69) is 42.1 Å². The lowest BCUT2D eigenvalue weighted by molar-refractivity contribution is 0.163. The van der Waals surface area contributed by atoms with Crippen molar-refractivity contribution in [3.63, 3.8) is 0 Å². The van der Waals surface area contributed by atoms with Crippen LogP contribution in [0.25, 0.3) is 5.69 Å². The van der Waals surface area contributed by atoms with Gasteiger partial charge in [0.25, 0.3) is 0 Å². The number of aromatic nitrogens is 3. The SMILES string of the molecule is Cc1ccc(-n2nc(C)nc2[C@H]2C[C@@H](N)[C@H](O)C2)c(C)c1.Cl. The largest absolute Gasteiger partial charge is 0.391 e. The minimum Gasteiger partial charge on any atom is -0.391 e. The summed E-state index contributed by atoms with van der Waals surface area (Å²) >= 11 is 0. The van der Waals surface area contributed by atoms with Crippen molar-refractivity contribution in [1.29, 1.82) is 0 Å². The van der Waals surface area contributed by atoms with Gasteiger partial charge >= 0.3 is 0 Å². The fraction of sp³-hybridized carbons (Fsp3) is 0.500. The number of nitrogens with zero attached hydrogens (tertiary/aromatic N) is 3. The smallest absolute Gasteiger partial charge is 0.148 e. The molecule has 3 rings (SSSR count). The Bertz CT molecular complexity index is 660. The molecule has 120 valence electrons. The van der Waals surface area contributed by atoms with Crippen LogP contribution in [0, 0.1) is 20.8 Å². The number of hydrogen-bond donors (Lipinski definition) is 2. The molecule has 1 heterocycles. The van der Waals surface area contributed by atoms with E-state index in [4.69, 9.17) is 5.73 Å². The summed E-state index contributed by atoms with van der Waals surface area (Å²) in [5, 5.41) is 14.5. The van der Waals surface area contributed by atoms with Crippen molar-refractivity contribution in [2.24, 2.45) is 5.73 Å². The molecule has 1 saturated carbocycles. The van der Waals surface area contributed by atoms with Crippen molar-refractivity contribution in [2.45, 2.75) is 51.7 Å². The van der Waals surface area contributed by atoms with Gasteiger partial charge in [0.15, 0.2) is 0 Å². The molecule has 1 aliphatic carbocycles. The van der Waals surface area contributed by atoms with Gasteiger partial charge in [-0.3, -0.25) is 0 Å². The molecule has 0 radical (unpaired) electrons. The first kappa shape index (κ1) is 16.9. The molecule has 0 aliphatic heterocycles. The van der Waals surface area contributed by atoms with Crippen molar-refractivity contribution in [3.05, 3.63) is 41.0 Å². The average molecular weight is 323 g/mol. The Morgan fingerprint density at radius 3 is 2.55 bits per heavy atom. The van der Waals surface area contributed by atoms with E-state index in [9.17, 15) is 5.11 Å². The lowest BCUT2D eigenvalue weighted by atomic mass is 10.1. The minimum absolute atomic E-state index is 0. The third-order valence-corrected chi connectivity index (χ3v) is 4.26. The molecule has 0 bridgehead atoms. The van der Waals surface area contributed by atoms with Crippen LogP contribution in [0.5, 0.6) is 0 Å². The molecule has 5 nitrogen and oxygen atoms in total. The van der Waals surface area contributed by atoms with E-state index in [1.165, 1.54) is 11.1 Å². The Morgan fingerprint density at radius 1 is 1.23 bits per heavy atom. The van der Waals surface area contributed by atoms with Gasteiger partial charge < -0.3 is 10.8 Å². The standard InChI is InChI=1S/C16H22N4O.ClH/c1-9-4-5-14(10(2)6-9)20-16(18-11(3)19-20)12-7-13(17)15(21)8-12;/h4-6,12-13,15,21H,7-8,17H2,1-3H3;1H/t12-,13+,15+;/m0./s1. The summed E-state index contributed by atoms with van der Waals surface area (Å²) in [7, 11) is 0. The lowest BCUT2D eigenvalue weighted by Gasteiger charge is -2.13. The third-order valence-electron chi connectivity index (χ3n) is 4.26. The zero-order valence-corrected chi connectivity index (χ0v) is 14.0. The van der Waals surface area contributed by atoms with E-state index < -0.39 is 6.10 Å². The maximum Gasteiger partial charge on any atom is 0.148 e. The Morgan fingerprint density at radius 2 is 1.95 bits per heavy atom. The van der Waals surface area contributed by atoms with Gasteiger partial charge in [-0.15, -0.1) is 12.4 Å². The third kappa shape index (κ3) is 3.02. The van der Waals surface area contributed by atoms with Crippen molar-refractivity contribution in [3.8, 4) is 5.69 Å². The molecule has 1 aromatic heterocycles. The quantitative estimate of drug-likeness (QED) is 0.888. The highest BCUT2D eigenvalue weighted by Gasteiger charge is 2.34. The van der Waals surface area contributed by atoms with E-state index in [0.29, 0.717) is 6.42 Å². The summed E-state index contributed by atoms with van der Waals surface area (Å²) in [6.45, 7) is 6.06. The Kier molecular flexibility index (Phi) is 4.90. The summed E-state index contributed by atoms with van der Waals surface area (Å²) in [6, 6.07) is 6.14. The Labute approximate surface area is 137 Å². The van der Waals surface area contributed by atoms with Crippen LogP contribution in [0.2, 0.25) is 0 Å². The molecular weight excluding hydrogens is 300 g/mol. The Balaban J connectivity index is 0.00000176. The molecule has 0 amide bonds. The molecule has 0 saturated heterocycles. The summed E-state index contributed by atoms with van der Waals surface area (Å²) in [5.74, 6) is 1.82. The van der Waals surface area contributed by atoms with Crippen LogP contribution in [0.15, 0.2) is 18.2 Å². The van der Waals surface area contributed by atoms with Crippen LogP contribution in [0.4, 0.5) is 0 Å². The van der Waals surface area contributed by atoms with Crippen molar-refractivity contribution < 1.29 is 5.11 Å². The molecule has 0 spiro atoms. The molecule has 1 aliphatic rings. The number of aliphatic hydroxyl groups excluding tert-OH is 1. The van der Waals surface area contributed by atoms with Crippen LogP contribution in [-0.2, 0) is 0 Å². The van der Waals surface area contributed by atoms with E-state index in [-0.39, 0.29) is 24.4 Å². The molecule has 22 heavy (non-hydrogen) atoms. The van der Waals surface area contributed by atoms with Gasteiger partial charge in [-0.1, -0.05) is 17.7 Å². The lowest BCUT2D eigenvalue weighted by Crippen LogP contribution is -2.28. The fourth-order valence-corrected chi connectivity index (χ4v) is 3.17. The first-order valence-corrected chi connectivity index (χ1v) is 7.40. The topological polar surface area (TPSA) is 77.0 Å². The van der Waals surface area contributed by atoms with Crippen molar-refractivity contribution >= 4 is 12.4 Å². The van der Waals surface area contributed by atoms with E-state index in [0.717, 1.165) is 23.8 Å². The van der Waals surface area contributed by atoms with Gasteiger partial charge in [0.2, 0.25) is 0 Å². The van der Waals surface area contributed by atoms with Crippen LogP contribution in [0.1, 0.15) is 41.5 Å². The number of rotatable bonds is 2. The molecule has 1 aromatic carbocycles. The predicted octanol–water partition coefficient (Wildman–Crippen LogP) is 2.18. The summed E-state index contributed by atoms with van der Waals surface area (Å²) in [4.78, 5) is 4.59. The van der Waals surface area contributed by atoms with Gasteiger partial charge in [-0.25, -0.2) is 9.67 Å². The first-order chi connectivity index (χ1) is 9.95. The molecule has 3 atom stereocenters. The van der Waals surface area contributed by atoms with Crippen LogP contribution in [0.3, 0.4) is 0 Å². The second kappa shape index (κ2) is 6.36. The number of aryl methyl sites for hydroxylation is 3. The summed E-state index contributed by atoms with van der Waals surface area (Å²) < 4.78 is 1.92. The number of nitrogens with two attached hydrogens (primary N) is 1. The average Bonchev–Trinajstić information content (AvgIpc) is 2.93. The van der Waals surface area contributed by atoms with E-state index >= 15 is 0 Å². The first-order valence-electron chi connectivity index (χ1n) is 7.40. The molecule has 2 aromatic rings. The minimum atomic E-state index is -0.445. The van der Waals surface area contributed by atoms with Gasteiger partial charge in [0.05, 0.1) is 11.8 Å². The molecule has 6 heteroatoms. The highest BCUT2D eigenvalue weighted by Crippen LogP contribution is 2.34. The predicted molar refractivity (Wildman–Crippen MR) is 88.8 cm³/mol. The summed E-state index contributed by atoms with van der Waals surface area (Å²) in [6.07, 6.45) is 0.966. The number of hydrogen-bond acceptors (Lipinski definition) is 4.